The van der Waals surface area contributed by atoms with E-state index >= 15 is 0 Å². The maximum absolute atomic E-state index is 11.9. The van der Waals surface area contributed by atoms with Crippen LogP contribution in [-0.4, -0.2) is 21.8 Å². The van der Waals surface area contributed by atoms with Crippen LogP contribution in [0, 0.1) is 0 Å². The predicted molar refractivity (Wildman–Crippen MR) is 104 cm³/mol. The molecule has 3 rings (SSSR count). The summed E-state index contributed by atoms with van der Waals surface area (Å²) in [6, 6.07) is 17.5. The van der Waals surface area contributed by atoms with Gasteiger partial charge in [0.25, 0.3) is 0 Å². The van der Waals surface area contributed by atoms with E-state index in [1.54, 1.807) is 17.8 Å². The number of hydrogen-bond acceptors (Lipinski definition) is 5. The van der Waals surface area contributed by atoms with Gasteiger partial charge in [0, 0.05) is 23.5 Å². The van der Waals surface area contributed by atoms with Crippen LogP contribution in [0.4, 0.5) is 0 Å². The molecule has 0 saturated heterocycles. The van der Waals surface area contributed by atoms with Crippen molar-refractivity contribution in [1.82, 2.24) is 15.5 Å². The number of thioether (sulfide) groups is 1. The molecule has 0 saturated carbocycles. The predicted octanol–water partition coefficient (Wildman–Crippen LogP) is 4.33. The SMILES string of the molecule is O=C(CCSCc1ccccc1)NCc1nc(-c2ccccc2Cl)no1. The first kappa shape index (κ1) is 18.5. The molecule has 134 valence electrons. The van der Waals surface area contributed by atoms with Gasteiger partial charge in [0.1, 0.15) is 0 Å². The lowest BCUT2D eigenvalue weighted by Gasteiger charge is -2.03. The molecule has 0 atom stereocenters. The van der Waals surface area contributed by atoms with Crippen molar-refractivity contribution in [1.29, 1.82) is 0 Å². The number of halogens is 1. The van der Waals surface area contributed by atoms with Crippen molar-refractivity contribution in [3.63, 3.8) is 0 Å². The van der Waals surface area contributed by atoms with Crippen LogP contribution in [0.15, 0.2) is 59.1 Å². The molecule has 7 heteroatoms. The Kier molecular flexibility index (Phi) is 6.68. The maximum atomic E-state index is 11.9. The zero-order chi connectivity index (χ0) is 18.2. The molecule has 3 aromatic rings. The summed E-state index contributed by atoms with van der Waals surface area (Å²) in [5.41, 5.74) is 1.96. The number of nitrogens with zero attached hydrogens (tertiary/aromatic N) is 2. The summed E-state index contributed by atoms with van der Waals surface area (Å²) in [4.78, 5) is 16.2. The molecule has 0 unspecified atom stereocenters. The second kappa shape index (κ2) is 9.40. The van der Waals surface area contributed by atoms with Crippen molar-refractivity contribution < 1.29 is 9.32 Å². The second-order valence-corrected chi connectivity index (χ2v) is 7.07. The summed E-state index contributed by atoms with van der Waals surface area (Å²) in [5, 5.41) is 7.26. The van der Waals surface area contributed by atoms with E-state index in [1.807, 2.05) is 36.4 Å². The highest BCUT2D eigenvalue weighted by atomic mass is 35.5. The summed E-state index contributed by atoms with van der Waals surface area (Å²) in [6.45, 7) is 0.208. The minimum absolute atomic E-state index is 0.0388. The van der Waals surface area contributed by atoms with E-state index in [-0.39, 0.29) is 12.5 Å². The fourth-order valence-electron chi connectivity index (χ4n) is 2.27. The van der Waals surface area contributed by atoms with E-state index in [1.165, 1.54) is 5.56 Å². The molecule has 1 N–H and O–H groups in total. The highest BCUT2D eigenvalue weighted by Crippen LogP contribution is 2.24. The van der Waals surface area contributed by atoms with Gasteiger partial charge in [-0.2, -0.15) is 16.7 Å². The molecule has 1 heterocycles. The van der Waals surface area contributed by atoms with E-state index in [0.717, 1.165) is 11.5 Å². The third kappa shape index (κ3) is 5.34. The van der Waals surface area contributed by atoms with Gasteiger partial charge in [0.15, 0.2) is 0 Å². The van der Waals surface area contributed by atoms with E-state index in [4.69, 9.17) is 16.1 Å². The van der Waals surface area contributed by atoms with Gasteiger partial charge < -0.3 is 9.84 Å². The van der Waals surface area contributed by atoms with Gasteiger partial charge in [-0.1, -0.05) is 59.2 Å². The molecule has 1 amide bonds. The molecule has 5 nitrogen and oxygen atoms in total. The van der Waals surface area contributed by atoms with Crippen LogP contribution in [0.5, 0.6) is 0 Å². The first-order chi connectivity index (χ1) is 12.7. The van der Waals surface area contributed by atoms with Crippen LogP contribution in [0.1, 0.15) is 17.9 Å². The third-order valence-corrected chi connectivity index (χ3v) is 4.96. The second-order valence-electron chi connectivity index (χ2n) is 5.56. The lowest BCUT2D eigenvalue weighted by atomic mass is 10.2. The van der Waals surface area contributed by atoms with Crippen LogP contribution in [0.25, 0.3) is 11.4 Å². The van der Waals surface area contributed by atoms with Crippen LogP contribution < -0.4 is 5.32 Å². The Morgan fingerprint density at radius 1 is 1.12 bits per heavy atom. The van der Waals surface area contributed by atoms with E-state index in [9.17, 15) is 4.79 Å². The highest BCUT2D eigenvalue weighted by molar-refractivity contribution is 7.98. The van der Waals surface area contributed by atoms with Gasteiger partial charge in [0.2, 0.25) is 17.6 Å². The molecular weight excluding hydrogens is 370 g/mol. The van der Waals surface area contributed by atoms with Crippen LogP contribution in [0.3, 0.4) is 0 Å². The Labute approximate surface area is 161 Å². The monoisotopic (exact) mass is 387 g/mol. The molecule has 0 spiro atoms. The van der Waals surface area contributed by atoms with Crippen molar-refractivity contribution in [3.8, 4) is 11.4 Å². The molecule has 26 heavy (non-hydrogen) atoms. The normalized spacial score (nSPS) is 10.7. The van der Waals surface area contributed by atoms with E-state index < -0.39 is 0 Å². The van der Waals surface area contributed by atoms with Gasteiger partial charge in [0.05, 0.1) is 11.6 Å². The summed E-state index contributed by atoms with van der Waals surface area (Å²) < 4.78 is 5.17. The Morgan fingerprint density at radius 3 is 2.69 bits per heavy atom. The number of amides is 1. The Balaban J connectivity index is 1.40. The van der Waals surface area contributed by atoms with Gasteiger partial charge in [-0.05, 0) is 17.7 Å². The zero-order valence-corrected chi connectivity index (χ0v) is 15.6. The van der Waals surface area contributed by atoms with Crippen molar-refractivity contribution >= 4 is 29.3 Å². The molecular formula is C19H18ClN3O2S. The lowest BCUT2D eigenvalue weighted by molar-refractivity contribution is -0.120. The number of aromatic nitrogens is 2. The first-order valence-electron chi connectivity index (χ1n) is 8.18. The molecule has 2 aromatic carbocycles. The number of benzene rings is 2. The zero-order valence-electron chi connectivity index (χ0n) is 14.0. The highest BCUT2D eigenvalue weighted by Gasteiger charge is 2.12. The molecule has 0 aliphatic rings. The quantitative estimate of drug-likeness (QED) is 0.582. The summed E-state index contributed by atoms with van der Waals surface area (Å²) in [7, 11) is 0. The fraction of sp³-hybridized carbons (Fsp3) is 0.211. The van der Waals surface area contributed by atoms with Gasteiger partial charge in [-0.15, -0.1) is 0 Å². The molecule has 0 fully saturated rings. The average molecular weight is 388 g/mol. The smallest absolute Gasteiger partial charge is 0.246 e. The lowest BCUT2D eigenvalue weighted by Crippen LogP contribution is -2.23. The van der Waals surface area contributed by atoms with Crippen molar-refractivity contribution in [2.75, 3.05) is 5.75 Å². The number of rotatable bonds is 8. The Morgan fingerprint density at radius 2 is 1.88 bits per heavy atom. The van der Waals surface area contributed by atoms with Crippen LogP contribution >= 0.6 is 23.4 Å². The number of hydrogen-bond donors (Lipinski definition) is 1. The summed E-state index contributed by atoms with van der Waals surface area (Å²) in [6.07, 6.45) is 0.447. The number of carbonyl (C=O) groups excluding carboxylic acids is 1. The van der Waals surface area contributed by atoms with E-state index in [0.29, 0.717) is 28.7 Å². The largest absolute Gasteiger partial charge is 0.347 e. The Bertz CT molecular complexity index is 855. The Hall–Kier alpha value is -2.31. The maximum Gasteiger partial charge on any atom is 0.246 e. The molecule has 0 aliphatic carbocycles. The van der Waals surface area contributed by atoms with Crippen LogP contribution in [-0.2, 0) is 17.1 Å². The first-order valence-corrected chi connectivity index (χ1v) is 9.71. The van der Waals surface area contributed by atoms with Crippen molar-refractivity contribution in [2.45, 2.75) is 18.7 Å². The molecule has 1 aromatic heterocycles. The van der Waals surface area contributed by atoms with Gasteiger partial charge >= 0.3 is 0 Å². The molecule has 0 aliphatic heterocycles. The van der Waals surface area contributed by atoms with Gasteiger partial charge in [-0.25, -0.2) is 0 Å². The average Bonchev–Trinajstić information content (AvgIpc) is 3.13. The van der Waals surface area contributed by atoms with Crippen molar-refractivity contribution in [2.24, 2.45) is 0 Å². The van der Waals surface area contributed by atoms with Gasteiger partial charge in [-0.3, -0.25) is 4.79 Å². The van der Waals surface area contributed by atoms with Crippen LogP contribution in [0.2, 0.25) is 5.02 Å². The topological polar surface area (TPSA) is 68.0 Å². The molecule has 0 bridgehead atoms. The van der Waals surface area contributed by atoms with E-state index in [2.05, 4.69) is 27.6 Å². The fourth-order valence-corrected chi connectivity index (χ4v) is 3.39. The third-order valence-electron chi connectivity index (χ3n) is 3.60. The number of nitrogens with one attached hydrogen (secondary N) is 1. The molecule has 0 radical (unpaired) electrons. The number of carbonyl (C=O) groups is 1. The standard InChI is InChI=1S/C19H18ClN3O2S/c20-16-9-5-4-8-15(16)19-22-18(25-23-19)12-21-17(24)10-11-26-13-14-6-2-1-3-7-14/h1-9H,10-13H2,(H,21,24). The summed E-state index contributed by atoms with van der Waals surface area (Å²) >= 11 is 7.85. The minimum Gasteiger partial charge on any atom is -0.347 e. The minimum atomic E-state index is -0.0388. The van der Waals surface area contributed by atoms with Crippen molar-refractivity contribution in [3.05, 3.63) is 71.1 Å². The summed E-state index contributed by atoms with van der Waals surface area (Å²) in [5.74, 6) is 2.39.